The summed E-state index contributed by atoms with van der Waals surface area (Å²) in [5, 5.41) is 9.27. The molecule has 0 saturated carbocycles. The maximum Gasteiger partial charge on any atom is 0.0866 e. The lowest BCUT2D eigenvalue weighted by molar-refractivity contribution is 0.148. The van der Waals surface area contributed by atoms with Gasteiger partial charge in [0.2, 0.25) is 0 Å². The van der Waals surface area contributed by atoms with E-state index >= 15 is 0 Å². The molecule has 0 amide bonds. The number of aliphatic hydroxyl groups excluding tert-OH is 1. The molecule has 0 aromatic rings. The van der Waals surface area contributed by atoms with Crippen LogP contribution in [0.1, 0.15) is 39.5 Å². The van der Waals surface area contributed by atoms with Crippen molar-refractivity contribution in [3.63, 3.8) is 0 Å². The molecule has 2 nitrogen and oxygen atoms in total. The van der Waals surface area contributed by atoms with E-state index in [0.717, 1.165) is 19.3 Å². The van der Waals surface area contributed by atoms with Crippen LogP contribution < -0.4 is 0 Å². The third-order valence-electron chi connectivity index (χ3n) is 2.24. The van der Waals surface area contributed by atoms with Crippen molar-refractivity contribution >= 4 is 0 Å². The Hall–Kier alpha value is -0.0800. The summed E-state index contributed by atoms with van der Waals surface area (Å²) >= 11 is 0. The Bertz CT molecular complexity index is 114. The van der Waals surface area contributed by atoms with Gasteiger partial charge in [-0.2, -0.15) is 0 Å². The molecule has 3 unspecified atom stereocenters. The van der Waals surface area contributed by atoms with E-state index in [9.17, 15) is 5.11 Å². The first-order valence-electron chi connectivity index (χ1n) is 4.61. The highest BCUT2D eigenvalue weighted by molar-refractivity contribution is 4.85. The molecule has 66 valence electrons. The lowest BCUT2D eigenvalue weighted by Gasteiger charge is -2.02. The summed E-state index contributed by atoms with van der Waals surface area (Å²) in [5.41, 5.74) is 0. The van der Waals surface area contributed by atoms with Gasteiger partial charge in [0.15, 0.2) is 0 Å². The summed E-state index contributed by atoms with van der Waals surface area (Å²) in [6.07, 6.45) is 4.69. The highest BCUT2D eigenvalue weighted by Gasteiger charge is 2.38. The Morgan fingerprint density at radius 1 is 1.36 bits per heavy atom. The molecule has 11 heavy (non-hydrogen) atoms. The molecule has 1 N–H and O–H groups in total. The molecule has 1 aliphatic heterocycles. The average Bonchev–Trinajstić information content (AvgIpc) is 2.69. The lowest BCUT2D eigenvalue weighted by Crippen LogP contribution is -2.09. The molecular weight excluding hydrogens is 140 g/mol. The van der Waals surface area contributed by atoms with Crippen LogP contribution in [0.15, 0.2) is 0 Å². The highest BCUT2D eigenvalue weighted by Crippen LogP contribution is 2.30. The fourth-order valence-electron chi connectivity index (χ4n) is 1.36. The Balaban J connectivity index is 2.03. The Kier molecular flexibility index (Phi) is 3.34. The number of ether oxygens (including phenoxy) is 1. The quantitative estimate of drug-likeness (QED) is 0.618. The molecule has 0 radical (unpaired) electrons. The fraction of sp³-hybridized carbons (Fsp3) is 1.00. The number of hydrogen-bond acceptors (Lipinski definition) is 2. The molecule has 1 heterocycles. The zero-order valence-electron chi connectivity index (χ0n) is 7.42. The standard InChI is InChI=1S/C9H18O2/c1-3-5-8-9(11-8)6-7(10)4-2/h7-10H,3-6H2,1-2H3. The van der Waals surface area contributed by atoms with Crippen LogP contribution in [0.3, 0.4) is 0 Å². The van der Waals surface area contributed by atoms with E-state index in [0.29, 0.717) is 12.2 Å². The molecule has 1 rings (SSSR count). The van der Waals surface area contributed by atoms with Gasteiger partial charge in [-0.1, -0.05) is 20.3 Å². The summed E-state index contributed by atoms with van der Waals surface area (Å²) in [5.74, 6) is 0. The van der Waals surface area contributed by atoms with Gasteiger partial charge in [-0.25, -0.2) is 0 Å². The Morgan fingerprint density at radius 2 is 2.09 bits per heavy atom. The van der Waals surface area contributed by atoms with Gasteiger partial charge in [-0.05, 0) is 12.8 Å². The van der Waals surface area contributed by atoms with Gasteiger partial charge in [0.05, 0.1) is 18.3 Å². The SMILES string of the molecule is CCCC1OC1CC(O)CC. The zero-order chi connectivity index (χ0) is 8.27. The van der Waals surface area contributed by atoms with Crippen LogP contribution in [-0.2, 0) is 4.74 Å². The molecular formula is C9H18O2. The van der Waals surface area contributed by atoms with Crippen molar-refractivity contribution in [3.8, 4) is 0 Å². The number of rotatable bonds is 5. The Labute approximate surface area is 68.6 Å². The second-order valence-corrected chi connectivity index (χ2v) is 3.30. The smallest absolute Gasteiger partial charge is 0.0866 e. The topological polar surface area (TPSA) is 32.8 Å². The van der Waals surface area contributed by atoms with Crippen molar-refractivity contribution in [1.82, 2.24) is 0 Å². The minimum atomic E-state index is -0.151. The van der Waals surface area contributed by atoms with Gasteiger partial charge in [0.25, 0.3) is 0 Å². The molecule has 0 aliphatic carbocycles. The van der Waals surface area contributed by atoms with Crippen molar-refractivity contribution in [2.75, 3.05) is 0 Å². The Morgan fingerprint density at radius 3 is 2.64 bits per heavy atom. The highest BCUT2D eigenvalue weighted by atomic mass is 16.6. The number of epoxide rings is 1. The maximum absolute atomic E-state index is 9.27. The minimum Gasteiger partial charge on any atom is -0.393 e. The molecule has 0 aromatic heterocycles. The van der Waals surface area contributed by atoms with Gasteiger partial charge >= 0.3 is 0 Å². The lowest BCUT2D eigenvalue weighted by atomic mass is 10.1. The van der Waals surface area contributed by atoms with Crippen LogP contribution in [0, 0.1) is 0 Å². The van der Waals surface area contributed by atoms with Crippen LogP contribution in [0.4, 0.5) is 0 Å². The maximum atomic E-state index is 9.27. The molecule has 1 saturated heterocycles. The molecule has 0 bridgehead atoms. The van der Waals surface area contributed by atoms with Gasteiger partial charge in [0.1, 0.15) is 0 Å². The summed E-state index contributed by atoms with van der Waals surface area (Å²) in [4.78, 5) is 0. The predicted molar refractivity (Wildman–Crippen MR) is 44.5 cm³/mol. The number of aliphatic hydroxyl groups is 1. The van der Waals surface area contributed by atoms with Crippen molar-refractivity contribution in [2.45, 2.75) is 57.8 Å². The molecule has 2 heteroatoms. The van der Waals surface area contributed by atoms with E-state index in [-0.39, 0.29) is 6.10 Å². The van der Waals surface area contributed by atoms with E-state index in [4.69, 9.17) is 4.74 Å². The first-order valence-corrected chi connectivity index (χ1v) is 4.61. The predicted octanol–water partition coefficient (Wildman–Crippen LogP) is 1.71. The second-order valence-electron chi connectivity index (χ2n) is 3.30. The summed E-state index contributed by atoms with van der Waals surface area (Å²) in [6.45, 7) is 4.16. The van der Waals surface area contributed by atoms with E-state index in [1.165, 1.54) is 6.42 Å². The third kappa shape index (κ3) is 2.80. The van der Waals surface area contributed by atoms with Gasteiger partial charge < -0.3 is 9.84 Å². The van der Waals surface area contributed by atoms with Crippen LogP contribution >= 0.6 is 0 Å². The normalized spacial score (nSPS) is 31.9. The van der Waals surface area contributed by atoms with Crippen LogP contribution in [0.5, 0.6) is 0 Å². The monoisotopic (exact) mass is 158 g/mol. The fourth-order valence-corrected chi connectivity index (χ4v) is 1.36. The summed E-state index contributed by atoms with van der Waals surface area (Å²) in [7, 11) is 0. The second kappa shape index (κ2) is 4.07. The summed E-state index contributed by atoms with van der Waals surface area (Å²) < 4.78 is 5.37. The average molecular weight is 158 g/mol. The van der Waals surface area contributed by atoms with Crippen molar-refractivity contribution in [3.05, 3.63) is 0 Å². The van der Waals surface area contributed by atoms with E-state index in [1.54, 1.807) is 0 Å². The molecule has 1 fully saturated rings. The summed E-state index contributed by atoms with van der Waals surface area (Å²) in [6, 6.07) is 0. The first kappa shape index (κ1) is 9.01. The largest absolute Gasteiger partial charge is 0.393 e. The van der Waals surface area contributed by atoms with Crippen molar-refractivity contribution in [2.24, 2.45) is 0 Å². The van der Waals surface area contributed by atoms with E-state index in [1.807, 2.05) is 6.92 Å². The third-order valence-corrected chi connectivity index (χ3v) is 2.24. The molecule has 3 atom stereocenters. The zero-order valence-corrected chi connectivity index (χ0v) is 7.42. The molecule has 0 aromatic carbocycles. The van der Waals surface area contributed by atoms with Crippen molar-refractivity contribution < 1.29 is 9.84 Å². The van der Waals surface area contributed by atoms with Gasteiger partial charge in [-0.15, -0.1) is 0 Å². The van der Waals surface area contributed by atoms with E-state index < -0.39 is 0 Å². The van der Waals surface area contributed by atoms with Crippen LogP contribution in [0.2, 0.25) is 0 Å². The van der Waals surface area contributed by atoms with Crippen LogP contribution in [-0.4, -0.2) is 23.4 Å². The molecule has 0 spiro atoms. The van der Waals surface area contributed by atoms with Crippen molar-refractivity contribution in [1.29, 1.82) is 0 Å². The first-order chi connectivity index (χ1) is 5.27. The van der Waals surface area contributed by atoms with Crippen LogP contribution in [0.25, 0.3) is 0 Å². The van der Waals surface area contributed by atoms with Gasteiger partial charge in [-0.3, -0.25) is 0 Å². The number of hydrogen-bond donors (Lipinski definition) is 1. The minimum absolute atomic E-state index is 0.151. The van der Waals surface area contributed by atoms with Gasteiger partial charge in [0, 0.05) is 6.42 Å². The van der Waals surface area contributed by atoms with E-state index in [2.05, 4.69) is 6.92 Å². The molecule has 1 aliphatic rings.